The zero-order valence-corrected chi connectivity index (χ0v) is 19.0. The quantitative estimate of drug-likeness (QED) is 0.433. The van der Waals surface area contributed by atoms with Crippen LogP contribution in [0.25, 0.3) is 10.6 Å². The van der Waals surface area contributed by atoms with E-state index in [1.54, 1.807) is 61.1 Å². The average Bonchev–Trinajstić information content (AvgIpc) is 3.43. The molecule has 4 aromatic rings. The van der Waals surface area contributed by atoms with Crippen LogP contribution in [0.15, 0.2) is 83.5 Å². The first kappa shape index (κ1) is 21.6. The van der Waals surface area contributed by atoms with E-state index in [1.165, 1.54) is 22.7 Å². The Balaban J connectivity index is 1.46. The van der Waals surface area contributed by atoms with Crippen molar-refractivity contribution < 1.29 is 13.2 Å². The summed E-state index contributed by atoms with van der Waals surface area (Å²) in [6.07, 6.45) is 3.37. The van der Waals surface area contributed by atoms with Crippen molar-refractivity contribution in [2.75, 3.05) is 22.0 Å². The molecule has 2 aromatic carbocycles. The predicted molar refractivity (Wildman–Crippen MR) is 128 cm³/mol. The zero-order valence-electron chi connectivity index (χ0n) is 17.4. The fraction of sp³-hybridized carbons (Fsp3) is 0.0909. The maximum Gasteiger partial charge on any atom is 0.323 e. The van der Waals surface area contributed by atoms with Crippen molar-refractivity contribution in [3.63, 3.8) is 0 Å². The maximum absolute atomic E-state index is 13.1. The highest BCUT2D eigenvalue weighted by Crippen LogP contribution is 2.33. The lowest BCUT2D eigenvalue weighted by atomic mass is 10.3. The number of carbonyl (C=O) groups excluding carboxylic acids is 1. The monoisotopic (exact) mass is 467 g/mol. The summed E-state index contributed by atoms with van der Waals surface area (Å²) in [4.78, 5) is 17.0. The van der Waals surface area contributed by atoms with E-state index < -0.39 is 10.0 Å². The van der Waals surface area contributed by atoms with Gasteiger partial charge in [0.15, 0.2) is 0 Å². The van der Waals surface area contributed by atoms with E-state index in [1.807, 2.05) is 29.8 Å². The molecule has 0 aliphatic rings. The minimum atomic E-state index is -3.73. The molecule has 4 rings (SSSR count). The Hall–Kier alpha value is -3.63. The van der Waals surface area contributed by atoms with Gasteiger partial charge in [-0.1, -0.05) is 18.2 Å². The largest absolute Gasteiger partial charge is 0.333 e. The maximum atomic E-state index is 13.1. The number of amides is 2. The summed E-state index contributed by atoms with van der Waals surface area (Å²) in [6, 6.07) is 18.7. The van der Waals surface area contributed by atoms with Crippen LogP contribution in [0.5, 0.6) is 0 Å². The van der Waals surface area contributed by atoms with Gasteiger partial charge in [0.05, 0.1) is 28.8 Å². The molecule has 0 aliphatic heterocycles. The fourth-order valence-corrected chi connectivity index (χ4v) is 5.76. The highest BCUT2D eigenvalue weighted by Gasteiger charge is 2.24. The van der Waals surface area contributed by atoms with Gasteiger partial charge in [-0.3, -0.25) is 4.31 Å². The van der Waals surface area contributed by atoms with Gasteiger partial charge in [-0.05, 0) is 48.5 Å². The minimum absolute atomic E-state index is 0.237. The third kappa shape index (κ3) is 4.51. The highest BCUT2D eigenvalue weighted by molar-refractivity contribution is 7.94. The molecule has 2 N–H and O–H groups in total. The summed E-state index contributed by atoms with van der Waals surface area (Å²) in [5.74, 6) is 0. The molecule has 2 aromatic heterocycles. The summed E-state index contributed by atoms with van der Waals surface area (Å²) < 4.78 is 29.5. The van der Waals surface area contributed by atoms with Gasteiger partial charge in [-0.25, -0.2) is 18.2 Å². The molecule has 0 atom stereocenters. The second kappa shape index (κ2) is 8.85. The number of sulfonamides is 1. The number of para-hydroxylation sites is 1. The Bertz CT molecular complexity index is 1330. The van der Waals surface area contributed by atoms with Gasteiger partial charge in [0.1, 0.15) is 4.21 Å². The molecule has 0 aliphatic carbocycles. The number of hydrogen-bond acceptors (Lipinski definition) is 5. The number of urea groups is 1. The average molecular weight is 468 g/mol. The molecule has 0 unspecified atom stereocenters. The Morgan fingerprint density at radius 2 is 1.62 bits per heavy atom. The number of carbonyl (C=O) groups is 1. The van der Waals surface area contributed by atoms with E-state index in [0.29, 0.717) is 17.1 Å². The molecule has 32 heavy (non-hydrogen) atoms. The number of hydrogen-bond donors (Lipinski definition) is 2. The van der Waals surface area contributed by atoms with E-state index >= 15 is 0 Å². The normalized spacial score (nSPS) is 11.2. The van der Waals surface area contributed by atoms with E-state index in [2.05, 4.69) is 15.6 Å². The SMILES string of the molecule is CN(c1ccc(NC(=O)Nc2ccccc2)cc1)S(=O)(=O)c1ccc(-c2cncn2C)s1. The molecular formula is C22H21N5O3S2. The first-order chi connectivity index (χ1) is 15.3. The van der Waals surface area contributed by atoms with Gasteiger partial charge >= 0.3 is 6.03 Å². The molecule has 0 bridgehead atoms. The molecule has 0 radical (unpaired) electrons. The first-order valence-electron chi connectivity index (χ1n) is 9.63. The van der Waals surface area contributed by atoms with Gasteiger partial charge in [0.25, 0.3) is 10.0 Å². The second-order valence-electron chi connectivity index (χ2n) is 6.97. The van der Waals surface area contributed by atoms with Crippen LogP contribution in [0.2, 0.25) is 0 Å². The Morgan fingerprint density at radius 3 is 2.25 bits per heavy atom. The summed E-state index contributed by atoms with van der Waals surface area (Å²) in [5.41, 5.74) is 2.55. The van der Waals surface area contributed by atoms with Crippen molar-refractivity contribution in [1.82, 2.24) is 9.55 Å². The minimum Gasteiger partial charge on any atom is -0.333 e. The smallest absolute Gasteiger partial charge is 0.323 e. The van der Waals surface area contributed by atoms with Gasteiger partial charge in [-0.2, -0.15) is 0 Å². The molecule has 8 nitrogen and oxygen atoms in total. The summed E-state index contributed by atoms with van der Waals surface area (Å²) >= 11 is 1.19. The molecule has 0 fully saturated rings. The lowest BCUT2D eigenvalue weighted by molar-refractivity contribution is 0.262. The number of thiophene rings is 1. The van der Waals surface area contributed by atoms with Crippen molar-refractivity contribution in [3.8, 4) is 10.6 Å². The van der Waals surface area contributed by atoms with Gasteiger partial charge in [0.2, 0.25) is 0 Å². The van der Waals surface area contributed by atoms with Crippen LogP contribution in [0.4, 0.5) is 21.9 Å². The summed E-state index contributed by atoms with van der Waals surface area (Å²) in [5, 5.41) is 5.46. The molecule has 0 saturated carbocycles. The van der Waals surface area contributed by atoms with E-state index in [-0.39, 0.29) is 10.2 Å². The number of nitrogens with one attached hydrogen (secondary N) is 2. The van der Waals surface area contributed by atoms with Crippen molar-refractivity contribution in [1.29, 1.82) is 0 Å². The number of aromatic nitrogens is 2. The topological polar surface area (TPSA) is 96.3 Å². The molecular weight excluding hydrogens is 446 g/mol. The van der Waals surface area contributed by atoms with Gasteiger partial charge < -0.3 is 15.2 Å². The van der Waals surface area contributed by atoms with Crippen LogP contribution in [0.1, 0.15) is 0 Å². The van der Waals surface area contributed by atoms with E-state index in [0.717, 1.165) is 10.6 Å². The molecule has 2 heterocycles. The summed E-state index contributed by atoms with van der Waals surface area (Å²) in [7, 11) is -0.367. The van der Waals surface area contributed by atoms with Crippen LogP contribution in [0.3, 0.4) is 0 Å². The first-order valence-corrected chi connectivity index (χ1v) is 11.9. The summed E-state index contributed by atoms with van der Waals surface area (Å²) in [6.45, 7) is 0. The Kier molecular flexibility index (Phi) is 5.97. The van der Waals surface area contributed by atoms with Crippen molar-refractivity contribution in [3.05, 3.63) is 79.3 Å². The van der Waals surface area contributed by atoms with Gasteiger partial charge in [0, 0.05) is 25.5 Å². The molecule has 2 amide bonds. The van der Waals surface area contributed by atoms with E-state index in [9.17, 15) is 13.2 Å². The Morgan fingerprint density at radius 1 is 0.969 bits per heavy atom. The van der Waals surface area contributed by atoms with Crippen LogP contribution in [-0.4, -0.2) is 31.0 Å². The van der Waals surface area contributed by atoms with Crippen LogP contribution >= 0.6 is 11.3 Å². The van der Waals surface area contributed by atoms with Crippen LogP contribution < -0.4 is 14.9 Å². The predicted octanol–water partition coefficient (Wildman–Crippen LogP) is 4.62. The van der Waals surface area contributed by atoms with Gasteiger partial charge in [-0.15, -0.1) is 11.3 Å². The lowest BCUT2D eigenvalue weighted by Gasteiger charge is -2.19. The third-order valence-corrected chi connectivity index (χ3v) is 8.15. The molecule has 0 saturated heterocycles. The fourth-order valence-electron chi connectivity index (χ4n) is 3.03. The van der Waals surface area contributed by atoms with Crippen molar-refractivity contribution in [2.24, 2.45) is 7.05 Å². The van der Waals surface area contributed by atoms with Crippen molar-refractivity contribution >= 4 is 44.5 Å². The number of imidazole rings is 1. The van der Waals surface area contributed by atoms with Crippen molar-refractivity contribution in [2.45, 2.75) is 4.21 Å². The highest BCUT2D eigenvalue weighted by atomic mass is 32.2. The van der Waals surface area contributed by atoms with Crippen LogP contribution in [-0.2, 0) is 17.1 Å². The number of benzene rings is 2. The molecule has 0 spiro atoms. The number of rotatable bonds is 6. The number of aryl methyl sites for hydroxylation is 1. The standard InChI is InChI=1S/C22H21N5O3S2/c1-26-15-23-14-19(26)20-12-13-21(31-20)32(29,30)27(2)18-10-8-17(9-11-18)25-22(28)24-16-6-4-3-5-7-16/h3-15H,1-2H3,(H2,24,25,28). The molecule has 10 heteroatoms. The molecule has 164 valence electrons. The zero-order chi connectivity index (χ0) is 22.7. The third-order valence-electron chi connectivity index (χ3n) is 4.79. The van der Waals surface area contributed by atoms with E-state index in [4.69, 9.17) is 0 Å². The Labute approximate surface area is 190 Å². The lowest BCUT2D eigenvalue weighted by Crippen LogP contribution is -2.25. The number of nitrogens with zero attached hydrogens (tertiary/aromatic N) is 3. The second-order valence-corrected chi connectivity index (χ2v) is 10.3. The van der Waals surface area contributed by atoms with Crippen LogP contribution in [0, 0.1) is 0 Å². The number of anilines is 3.